The molecule has 0 atom stereocenters. The number of hydrogen-bond acceptors (Lipinski definition) is 2. The summed E-state index contributed by atoms with van der Waals surface area (Å²) in [5.41, 5.74) is 4.03. The first-order valence-corrected chi connectivity index (χ1v) is 7.03. The molecule has 0 unspecified atom stereocenters. The lowest BCUT2D eigenvalue weighted by atomic mass is 10.1. The number of nitrogens with one attached hydrogen (secondary N) is 1. The van der Waals surface area contributed by atoms with Gasteiger partial charge in [0.25, 0.3) is 5.56 Å². The van der Waals surface area contributed by atoms with Gasteiger partial charge in [0, 0.05) is 24.8 Å². The zero-order valence-corrected chi connectivity index (χ0v) is 12.3. The SMILES string of the molecule is Cc1ccc(NCc2cc3ccccc3n(C)c2=O)cc1. The molecular formula is C18H18N2O. The number of benzene rings is 2. The van der Waals surface area contributed by atoms with Crippen molar-refractivity contribution in [3.8, 4) is 0 Å². The number of pyridine rings is 1. The van der Waals surface area contributed by atoms with Gasteiger partial charge in [0.05, 0.1) is 5.52 Å². The Balaban J connectivity index is 1.92. The van der Waals surface area contributed by atoms with Gasteiger partial charge in [-0.05, 0) is 36.6 Å². The number of aryl methyl sites for hydroxylation is 2. The maximum Gasteiger partial charge on any atom is 0.255 e. The van der Waals surface area contributed by atoms with Crippen molar-refractivity contribution in [3.63, 3.8) is 0 Å². The quantitative estimate of drug-likeness (QED) is 0.796. The maximum atomic E-state index is 12.4. The third-order valence-corrected chi connectivity index (χ3v) is 3.74. The molecule has 0 fully saturated rings. The average molecular weight is 278 g/mol. The Kier molecular flexibility index (Phi) is 3.48. The molecule has 0 aliphatic carbocycles. The van der Waals surface area contributed by atoms with Crippen LogP contribution in [0.4, 0.5) is 5.69 Å². The van der Waals surface area contributed by atoms with E-state index in [2.05, 4.69) is 24.4 Å². The van der Waals surface area contributed by atoms with Crippen LogP contribution in [0.1, 0.15) is 11.1 Å². The monoisotopic (exact) mass is 278 g/mol. The number of hydrogen-bond donors (Lipinski definition) is 1. The summed E-state index contributed by atoms with van der Waals surface area (Å²) in [7, 11) is 1.82. The van der Waals surface area contributed by atoms with Crippen LogP contribution in [0.2, 0.25) is 0 Å². The first-order valence-electron chi connectivity index (χ1n) is 7.03. The Bertz CT molecular complexity index is 832. The van der Waals surface area contributed by atoms with Crippen LogP contribution in [0, 0.1) is 6.92 Å². The number of rotatable bonds is 3. The molecule has 1 heterocycles. The zero-order chi connectivity index (χ0) is 14.8. The van der Waals surface area contributed by atoms with E-state index in [1.54, 1.807) is 4.57 Å². The Morgan fingerprint density at radius 1 is 1.05 bits per heavy atom. The Hall–Kier alpha value is -2.55. The molecule has 1 aromatic heterocycles. The lowest BCUT2D eigenvalue weighted by Gasteiger charge is -2.10. The summed E-state index contributed by atoms with van der Waals surface area (Å²) in [6.07, 6.45) is 0. The molecule has 0 saturated carbocycles. The first-order chi connectivity index (χ1) is 10.1. The van der Waals surface area contributed by atoms with Crippen molar-refractivity contribution in [1.29, 1.82) is 0 Å². The number of aromatic nitrogens is 1. The number of anilines is 1. The van der Waals surface area contributed by atoms with Crippen LogP contribution in [-0.4, -0.2) is 4.57 Å². The molecule has 0 radical (unpaired) electrons. The van der Waals surface area contributed by atoms with Crippen LogP contribution in [-0.2, 0) is 13.6 Å². The van der Waals surface area contributed by atoms with Crippen molar-refractivity contribution in [2.24, 2.45) is 7.05 Å². The fourth-order valence-electron chi connectivity index (χ4n) is 2.48. The number of nitrogens with zero attached hydrogens (tertiary/aromatic N) is 1. The van der Waals surface area contributed by atoms with Crippen molar-refractivity contribution in [2.75, 3.05) is 5.32 Å². The highest BCUT2D eigenvalue weighted by molar-refractivity contribution is 5.79. The van der Waals surface area contributed by atoms with E-state index in [1.807, 2.05) is 49.5 Å². The maximum absolute atomic E-state index is 12.4. The standard InChI is InChI=1S/C18H18N2O/c1-13-7-9-16(10-8-13)19-12-15-11-14-5-3-4-6-17(14)20(2)18(15)21/h3-11,19H,12H2,1-2H3. The van der Waals surface area contributed by atoms with Crippen molar-refractivity contribution in [3.05, 3.63) is 76.1 Å². The molecule has 0 saturated heterocycles. The van der Waals surface area contributed by atoms with Crippen LogP contribution in [0.3, 0.4) is 0 Å². The molecule has 21 heavy (non-hydrogen) atoms. The minimum Gasteiger partial charge on any atom is -0.381 e. The molecule has 0 bridgehead atoms. The second-order valence-corrected chi connectivity index (χ2v) is 5.31. The third-order valence-electron chi connectivity index (χ3n) is 3.74. The van der Waals surface area contributed by atoms with Crippen LogP contribution < -0.4 is 10.9 Å². The van der Waals surface area contributed by atoms with E-state index in [4.69, 9.17) is 0 Å². The second-order valence-electron chi connectivity index (χ2n) is 5.31. The van der Waals surface area contributed by atoms with E-state index in [-0.39, 0.29) is 5.56 Å². The van der Waals surface area contributed by atoms with E-state index < -0.39 is 0 Å². The van der Waals surface area contributed by atoms with E-state index >= 15 is 0 Å². The van der Waals surface area contributed by atoms with Gasteiger partial charge >= 0.3 is 0 Å². The highest BCUT2D eigenvalue weighted by Gasteiger charge is 2.06. The van der Waals surface area contributed by atoms with Gasteiger partial charge in [0.2, 0.25) is 0 Å². The van der Waals surface area contributed by atoms with Crippen molar-refractivity contribution in [2.45, 2.75) is 13.5 Å². The summed E-state index contributed by atoms with van der Waals surface area (Å²) in [6.45, 7) is 2.59. The van der Waals surface area contributed by atoms with E-state index in [9.17, 15) is 4.79 Å². The summed E-state index contributed by atoms with van der Waals surface area (Å²) in [5, 5.41) is 4.39. The minimum atomic E-state index is 0.0494. The van der Waals surface area contributed by atoms with Gasteiger partial charge in [-0.15, -0.1) is 0 Å². The molecule has 0 aliphatic rings. The molecule has 0 spiro atoms. The molecule has 3 aromatic rings. The predicted octanol–water partition coefficient (Wildman–Crippen LogP) is 3.46. The zero-order valence-electron chi connectivity index (χ0n) is 12.3. The minimum absolute atomic E-state index is 0.0494. The largest absolute Gasteiger partial charge is 0.381 e. The number of fused-ring (bicyclic) bond motifs is 1. The number of para-hydroxylation sites is 1. The molecule has 1 N–H and O–H groups in total. The Morgan fingerprint density at radius 3 is 2.52 bits per heavy atom. The van der Waals surface area contributed by atoms with Crippen molar-refractivity contribution < 1.29 is 0 Å². The lowest BCUT2D eigenvalue weighted by molar-refractivity contribution is 0.878. The summed E-state index contributed by atoms with van der Waals surface area (Å²) < 4.78 is 1.71. The fraction of sp³-hybridized carbons (Fsp3) is 0.167. The summed E-state index contributed by atoms with van der Waals surface area (Å²) in [6, 6.07) is 18.1. The van der Waals surface area contributed by atoms with E-state index in [0.29, 0.717) is 6.54 Å². The highest BCUT2D eigenvalue weighted by atomic mass is 16.1. The molecule has 0 aliphatic heterocycles. The smallest absolute Gasteiger partial charge is 0.255 e. The molecule has 2 aromatic carbocycles. The van der Waals surface area contributed by atoms with Crippen molar-refractivity contribution >= 4 is 16.6 Å². The fourth-order valence-corrected chi connectivity index (χ4v) is 2.48. The second kappa shape index (κ2) is 5.44. The summed E-state index contributed by atoms with van der Waals surface area (Å²) in [4.78, 5) is 12.4. The highest BCUT2D eigenvalue weighted by Crippen LogP contribution is 2.14. The van der Waals surface area contributed by atoms with Gasteiger partial charge in [0.1, 0.15) is 0 Å². The van der Waals surface area contributed by atoms with Crippen LogP contribution in [0.5, 0.6) is 0 Å². The summed E-state index contributed by atoms with van der Waals surface area (Å²) >= 11 is 0. The van der Waals surface area contributed by atoms with Gasteiger partial charge in [-0.2, -0.15) is 0 Å². The Morgan fingerprint density at radius 2 is 1.76 bits per heavy atom. The molecule has 3 heteroatoms. The van der Waals surface area contributed by atoms with Gasteiger partial charge < -0.3 is 9.88 Å². The molecule has 3 rings (SSSR count). The predicted molar refractivity (Wildman–Crippen MR) is 87.7 cm³/mol. The topological polar surface area (TPSA) is 34.0 Å². The molecule has 106 valence electrons. The summed E-state index contributed by atoms with van der Waals surface area (Å²) in [5.74, 6) is 0. The molecule has 0 amide bonds. The third kappa shape index (κ3) is 2.68. The van der Waals surface area contributed by atoms with Gasteiger partial charge in [0.15, 0.2) is 0 Å². The van der Waals surface area contributed by atoms with Gasteiger partial charge in [-0.1, -0.05) is 35.9 Å². The van der Waals surface area contributed by atoms with Crippen LogP contribution >= 0.6 is 0 Å². The Labute approximate surface area is 123 Å². The van der Waals surface area contributed by atoms with Gasteiger partial charge in [-0.25, -0.2) is 0 Å². The van der Waals surface area contributed by atoms with Crippen LogP contribution in [0.25, 0.3) is 10.9 Å². The lowest BCUT2D eigenvalue weighted by Crippen LogP contribution is -2.23. The van der Waals surface area contributed by atoms with E-state index in [0.717, 1.165) is 22.2 Å². The van der Waals surface area contributed by atoms with Crippen LogP contribution in [0.15, 0.2) is 59.4 Å². The van der Waals surface area contributed by atoms with Crippen molar-refractivity contribution in [1.82, 2.24) is 4.57 Å². The average Bonchev–Trinajstić information content (AvgIpc) is 2.51. The first kappa shape index (κ1) is 13.4. The molecular weight excluding hydrogens is 260 g/mol. The van der Waals surface area contributed by atoms with E-state index in [1.165, 1.54) is 5.56 Å². The normalized spacial score (nSPS) is 10.8. The van der Waals surface area contributed by atoms with Gasteiger partial charge in [-0.3, -0.25) is 4.79 Å². The molecule has 3 nitrogen and oxygen atoms in total.